The fourth-order valence-corrected chi connectivity index (χ4v) is 0.992. The van der Waals surface area contributed by atoms with Crippen LogP contribution in [0.25, 0.3) is 0 Å². The highest BCUT2D eigenvalue weighted by atomic mass is 16.5. The number of carbonyl (C=O) groups is 3. The van der Waals surface area contributed by atoms with Gasteiger partial charge >= 0.3 is 11.9 Å². The number of hydrogen-bond donors (Lipinski definition) is 1. The highest BCUT2D eigenvalue weighted by Crippen LogP contribution is 2.09. The van der Waals surface area contributed by atoms with E-state index in [9.17, 15) is 14.4 Å². The maximum absolute atomic E-state index is 11.2. The summed E-state index contributed by atoms with van der Waals surface area (Å²) < 4.78 is 4.60. The van der Waals surface area contributed by atoms with Gasteiger partial charge in [0.25, 0.3) is 0 Å². The topological polar surface area (TPSA) is 80.7 Å². The Morgan fingerprint density at radius 2 is 1.86 bits per heavy atom. The van der Waals surface area contributed by atoms with Gasteiger partial charge in [-0.15, -0.1) is 0 Å². The average molecular weight is 202 g/mol. The molecule has 0 bridgehead atoms. The van der Waals surface area contributed by atoms with E-state index in [0.29, 0.717) is 0 Å². The van der Waals surface area contributed by atoms with Crippen molar-refractivity contribution in [1.29, 1.82) is 0 Å². The van der Waals surface area contributed by atoms with Crippen LogP contribution in [-0.2, 0) is 19.1 Å². The van der Waals surface area contributed by atoms with Gasteiger partial charge in [-0.1, -0.05) is 6.92 Å². The molecule has 0 heterocycles. The van der Waals surface area contributed by atoms with E-state index in [1.165, 1.54) is 0 Å². The molecule has 1 unspecified atom stereocenters. The van der Waals surface area contributed by atoms with Gasteiger partial charge < -0.3 is 9.84 Å². The molecule has 5 nitrogen and oxygen atoms in total. The number of ketones is 1. The number of esters is 1. The van der Waals surface area contributed by atoms with E-state index in [-0.39, 0.29) is 13.0 Å². The third kappa shape index (κ3) is 4.02. The van der Waals surface area contributed by atoms with Crippen LogP contribution in [0.3, 0.4) is 0 Å². The highest BCUT2D eigenvalue weighted by molar-refractivity contribution is 6.01. The quantitative estimate of drug-likeness (QED) is 0.504. The summed E-state index contributed by atoms with van der Waals surface area (Å²) in [5, 5.41) is 8.49. The highest BCUT2D eigenvalue weighted by Gasteiger charge is 2.28. The summed E-state index contributed by atoms with van der Waals surface area (Å²) in [5.41, 5.74) is 0. The summed E-state index contributed by atoms with van der Waals surface area (Å²) in [6.45, 7) is 3.33. The first-order valence-electron chi connectivity index (χ1n) is 4.44. The molecule has 0 rings (SSSR count). The molecular weight excluding hydrogens is 188 g/mol. The van der Waals surface area contributed by atoms with Crippen molar-refractivity contribution in [3.8, 4) is 0 Å². The van der Waals surface area contributed by atoms with Crippen molar-refractivity contribution in [2.24, 2.45) is 5.92 Å². The van der Waals surface area contributed by atoms with Crippen LogP contribution in [0.4, 0.5) is 0 Å². The lowest BCUT2D eigenvalue weighted by Gasteiger charge is -2.10. The predicted molar refractivity (Wildman–Crippen MR) is 47.7 cm³/mol. The fraction of sp³-hybridized carbons (Fsp3) is 0.667. The first kappa shape index (κ1) is 12.6. The summed E-state index contributed by atoms with van der Waals surface area (Å²) in [6.07, 6.45) is -0.359. The standard InChI is InChI=1S/C9H14O5/c1-3-7(10)6(5-8(11)12)9(13)14-4-2/h6H,3-5H2,1-2H3,(H,11,12). The smallest absolute Gasteiger partial charge is 0.317 e. The fourth-order valence-electron chi connectivity index (χ4n) is 0.992. The number of carboxylic acid groups (broad SMARTS) is 1. The van der Waals surface area contributed by atoms with Crippen LogP contribution in [0.5, 0.6) is 0 Å². The molecule has 0 saturated carbocycles. The van der Waals surface area contributed by atoms with Crippen molar-refractivity contribution in [3.63, 3.8) is 0 Å². The SMILES string of the molecule is CCOC(=O)C(CC(=O)O)C(=O)CC. The molecule has 0 saturated heterocycles. The number of carbonyl (C=O) groups excluding carboxylic acids is 2. The lowest BCUT2D eigenvalue weighted by Crippen LogP contribution is -2.28. The van der Waals surface area contributed by atoms with Gasteiger partial charge in [0.2, 0.25) is 0 Å². The van der Waals surface area contributed by atoms with Gasteiger partial charge in [0.05, 0.1) is 13.0 Å². The maximum Gasteiger partial charge on any atom is 0.317 e. The van der Waals surface area contributed by atoms with Crippen LogP contribution < -0.4 is 0 Å². The van der Waals surface area contributed by atoms with Crippen molar-refractivity contribution in [2.45, 2.75) is 26.7 Å². The molecule has 0 amide bonds. The Bertz CT molecular complexity index is 233. The van der Waals surface area contributed by atoms with Gasteiger partial charge in [0.1, 0.15) is 11.7 Å². The average Bonchev–Trinajstić information content (AvgIpc) is 2.13. The Labute approximate surface area is 82.1 Å². The van der Waals surface area contributed by atoms with Crippen LogP contribution in [0, 0.1) is 5.92 Å². The molecule has 0 aliphatic rings. The van der Waals surface area contributed by atoms with Crippen molar-refractivity contribution >= 4 is 17.7 Å². The first-order valence-corrected chi connectivity index (χ1v) is 4.44. The Kier molecular flexibility index (Phi) is 5.52. The summed E-state index contributed by atoms with van der Waals surface area (Å²) in [4.78, 5) is 32.8. The zero-order chi connectivity index (χ0) is 11.1. The van der Waals surface area contributed by atoms with Crippen molar-refractivity contribution < 1.29 is 24.2 Å². The van der Waals surface area contributed by atoms with Crippen molar-refractivity contribution in [2.75, 3.05) is 6.61 Å². The summed E-state index contributed by atoms with van der Waals surface area (Å²) >= 11 is 0. The second-order valence-corrected chi connectivity index (χ2v) is 2.72. The van der Waals surface area contributed by atoms with E-state index < -0.39 is 30.1 Å². The minimum absolute atomic E-state index is 0.136. The van der Waals surface area contributed by atoms with E-state index >= 15 is 0 Å². The number of Topliss-reactive ketones (excluding diaryl/α,β-unsaturated/α-hetero) is 1. The van der Waals surface area contributed by atoms with Gasteiger partial charge in [-0.2, -0.15) is 0 Å². The Morgan fingerprint density at radius 1 is 1.29 bits per heavy atom. The molecule has 0 radical (unpaired) electrons. The molecule has 80 valence electrons. The van der Waals surface area contributed by atoms with E-state index in [4.69, 9.17) is 5.11 Å². The molecule has 0 aromatic heterocycles. The molecule has 14 heavy (non-hydrogen) atoms. The first-order chi connectivity index (χ1) is 6.52. The minimum atomic E-state index is -1.18. The lowest BCUT2D eigenvalue weighted by molar-refractivity contribution is -0.156. The zero-order valence-electron chi connectivity index (χ0n) is 8.28. The Morgan fingerprint density at radius 3 is 2.21 bits per heavy atom. The molecule has 1 N–H and O–H groups in total. The molecule has 0 fully saturated rings. The Balaban J connectivity index is 4.45. The minimum Gasteiger partial charge on any atom is -0.481 e. The Hall–Kier alpha value is -1.39. The second kappa shape index (κ2) is 6.12. The third-order valence-corrected chi connectivity index (χ3v) is 1.69. The number of aliphatic carboxylic acids is 1. The largest absolute Gasteiger partial charge is 0.481 e. The zero-order valence-corrected chi connectivity index (χ0v) is 8.28. The predicted octanol–water partition coefficient (Wildman–Crippen LogP) is 0.620. The van der Waals surface area contributed by atoms with Gasteiger partial charge in [-0.25, -0.2) is 0 Å². The molecule has 0 aromatic rings. The molecular formula is C9H14O5. The monoisotopic (exact) mass is 202 g/mol. The van der Waals surface area contributed by atoms with Gasteiger partial charge in [0, 0.05) is 6.42 Å². The van der Waals surface area contributed by atoms with E-state index in [1.54, 1.807) is 13.8 Å². The summed E-state index contributed by atoms with van der Waals surface area (Å²) in [7, 11) is 0. The molecule has 0 aromatic carbocycles. The van der Waals surface area contributed by atoms with Crippen LogP contribution in [0.2, 0.25) is 0 Å². The summed E-state index contributed by atoms with van der Waals surface area (Å²) in [5.74, 6) is -3.48. The summed E-state index contributed by atoms with van der Waals surface area (Å²) in [6, 6.07) is 0. The normalized spacial score (nSPS) is 11.9. The molecule has 0 spiro atoms. The number of ether oxygens (including phenoxy) is 1. The maximum atomic E-state index is 11.2. The van der Waals surface area contributed by atoms with Crippen LogP contribution in [0.1, 0.15) is 26.7 Å². The van der Waals surface area contributed by atoms with E-state index in [0.717, 1.165) is 0 Å². The number of rotatable bonds is 6. The van der Waals surface area contributed by atoms with Gasteiger partial charge in [-0.3, -0.25) is 14.4 Å². The van der Waals surface area contributed by atoms with E-state index in [2.05, 4.69) is 4.74 Å². The van der Waals surface area contributed by atoms with Crippen LogP contribution in [0.15, 0.2) is 0 Å². The number of hydrogen-bond acceptors (Lipinski definition) is 4. The third-order valence-electron chi connectivity index (χ3n) is 1.69. The van der Waals surface area contributed by atoms with Crippen LogP contribution >= 0.6 is 0 Å². The van der Waals surface area contributed by atoms with Crippen molar-refractivity contribution in [1.82, 2.24) is 0 Å². The molecule has 5 heteroatoms. The molecule has 0 aliphatic heterocycles. The number of carboxylic acids is 1. The second-order valence-electron chi connectivity index (χ2n) is 2.72. The van der Waals surface area contributed by atoms with Gasteiger partial charge in [0.15, 0.2) is 0 Å². The van der Waals surface area contributed by atoms with Gasteiger partial charge in [-0.05, 0) is 6.92 Å². The van der Waals surface area contributed by atoms with Crippen molar-refractivity contribution in [3.05, 3.63) is 0 Å². The lowest BCUT2D eigenvalue weighted by atomic mass is 9.99. The van der Waals surface area contributed by atoms with Crippen LogP contribution in [-0.4, -0.2) is 29.4 Å². The molecule has 0 aliphatic carbocycles. The molecule has 1 atom stereocenters. The van der Waals surface area contributed by atoms with E-state index in [1.807, 2.05) is 0 Å².